The number of nitrogens with two attached hydrogens (primary N) is 1. The quantitative estimate of drug-likeness (QED) is 0.474. The van der Waals surface area contributed by atoms with Gasteiger partial charge in [0.2, 0.25) is 0 Å². The normalized spacial score (nSPS) is 9.75. The summed E-state index contributed by atoms with van der Waals surface area (Å²) in [5.41, 5.74) is 3.44. The first-order valence-electron chi connectivity index (χ1n) is 3.15. The van der Waals surface area contributed by atoms with Crippen molar-refractivity contribution in [1.29, 1.82) is 0 Å². The molecular weight excluding hydrogens is 162 g/mol. The lowest BCUT2D eigenvalue weighted by atomic mass is 10.2. The maximum Gasteiger partial charge on any atom is 0.325 e. The van der Waals surface area contributed by atoms with Gasteiger partial charge in [-0.1, -0.05) is 0 Å². The molecule has 1 amide bonds. The minimum atomic E-state index is -0.856. The largest absolute Gasteiger partial charge is 0.365 e. The second-order valence-corrected chi connectivity index (χ2v) is 2.27. The fourth-order valence-electron chi connectivity index (χ4n) is 0.897. The van der Waals surface area contributed by atoms with Gasteiger partial charge in [0.25, 0.3) is 11.5 Å². The Kier molecular flexibility index (Phi) is 1.82. The van der Waals surface area contributed by atoms with E-state index in [0.717, 1.165) is 0 Å². The lowest BCUT2D eigenvalue weighted by Crippen LogP contribution is -2.32. The summed E-state index contributed by atoms with van der Waals surface area (Å²) in [7, 11) is 0. The van der Waals surface area contributed by atoms with E-state index in [0.29, 0.717) is 0 Å². The highest BCUT2D eigenvalue weighted by molar-refractivity contribution is 5.93. The first kappa shape index (κ1) is 8.25. The van der Waals surface area contributed by atoms with Gasteiger partial charge in [0.05, 0.1) is 0 Å². The van der Waals surface area contributed by atoms with E-state index in [-0.39, 0.29) is 11.3 Å². The summed E-state index contributed by atoms with van der Waals surface area (Å²) in [6.07, 6.45) is 0. The van der Waals surface area contributed by atoms with Crippen molar-refractivity contribution in [2.75, 3.05) is 0 Å². The van der Waals surface area contributed by atoms with Gasteiger partial charge >= 0.3 is 5.69 Å². The molecular formula is C6H7N3O3. The van der Waals surface area contributed by atoms with Gasteiger partial charge in [-0.15, -0.1) is 0 Å². The molecule has 0 spiro atoms. The van der Waals surface area contributed by atoms with Crippen LogP contribution >= 0.6 is 0 Å². The molecule has 0 aliphatic rings. The van der Waals surface area contributed by atoms with Crippen LogP contribution in [0.15, 0.2) is 9.59 Å². The van der Waals surface area contributed by atoms with Crippen LogP contribution in [0, 0.1) is 6.92 Å². The number of hydrogen-bond acceptors (Lipinski definition) is 3. The number of aromatic amines is 2. The van der Waals surface area contributed by atoms with E-state index in [2.05, 4.69) is 4.98 Å². The summed E-state index contributed by atoms with van der Waals surface area (Å²) in [5.74, 6) is -0.856. The second-order valence-electron chi connectivity index (χ2n) is 2.27. The number of carbonyl (C=O) groups excluding carboxylic acids is 1. The van der Waals surface area contributed by atoms with E-state index in [1.54, 1.807) is 0 Å². The number of rotatable bonds is 1. The molecule has 12 heavy (non-hydrogen) atoms. The van der Waals surface area contributed by atoms with Crippen molar-refractivity contribution in [1.82, 2.24) is 9.97 Å². The lowest BCUT2D eigenvalue weighted by Gasteiger charge is -1.96. The van der Waals surface area contributed by atoms with Gasteiger partial charge in [-0.05, 0) is 6.92 Å². The molecule has 0 aromatic carbocycles. The number of hydrogen-bond donors (Lipinski definition) is 3. The summed E-state index contributed by atoms with van der Waals surface area (Å²) >= 11 is 0. The molecule has 0 saturated carbocycles. The zero-order valence-corrected chi connectivity index (χ0v) is 6.30. The van der Waals surface area contributed by atoms with Gasteiger partial charge in [0, 0.05) is 5.69 Å². The van der Waals surface area contributed by atoms with Gasteiger partial charge in [-0.3, -0.25) is 14.6 Å². The molecule has 0 radical (unpaired) electrons. The molecule has 0 fully saturated rings. The zero-order chi connectivity index (χ0) is 9.30. The van der Waals surface area contributed by atoms with Crippen LogP contribution in [0.5, 0.6) is 0 Å². The standard InChI is InChI=1S/C6H7N3O3/c1-2-3(4(7)10)5(11)9-6(12)8-2/h1H3,(H2,7,10)(H2,8,9,11,12). The van der Waals surface area contributed by atoms with Crippen molar-refractivity contribution in [3.63, 3.8) is 0 Å². The molecule has 0 aliphatic carbocycles. The molecule has 1 rings (SSSR count). The Morgan fingerprint density at radius 2 is 1.92 bits per heavy atom. The summed E-state index contributed by atoms with van der Waals surface area (Å²) in [6, 6.07) is 0. The van der Waals surface area contributed by atoms with Crippen LogP contribution in [-0.4, -0.2) is 15.9 Å². The lowest BCUT2D eigenvalue weighted by molar-refractivity contribution is 0.0997. The molecule has 4 N–H and O–H groups in total. The molecule has 64 valence electrons. The predicted molar refractivity (Wildman–Crippen MR) is 40.9 cm³/mol. The molecule has 0 unspecified atom stereocenters. The van der Waals surface area contributed by atoms with Gasteiger partial charge in [-0.2, -0.15) is 0 Å². The summed E-state index contributed by atoms with van der Waals surface area (Å²) < 4.78 is 0. The van der Waals surface area contributed by atoms with E-state index in [1.165, 1.54) is 6.92 Å². The van der Waals surface area contributed by atoms with Crippen LogP contribution in [0.4, 0.5) is 0 Å². The van der Waals surface area contributed by atoms with E-state index >= 15 is 0 Å². The molecule has 1 aromatic rings. The van der Waals surface area contributed by atoms with Crippen LogP contribution in [0.3, 0.4) is 0 Å². The summed E-state index contributed by atoms with van der Waals surface area (Å²) in [5, 5.41) is 0. The van der Waals surface area contributed by atoms with Crippen LogP contribution < -0.4 is 17.0 Å². The average Bonchev–Trinajstić information content (AvgIpc) is 1.82. The zero-order valence-electron chi connectivity index (χ0n) is 6.30. The van der Waals surface area contributed by atoms with Gasteiger partial charge in [-0.25, -0.2) is 4.79 Å². The topological polar surface area (TPSA) is 109 Å². The van der Waals surface area contributed by atoms with Gasteiger partial charge in [0.15, 0.2) is 0 Å². The van der Waals surface area contributed by atoms with Gasteiger partial charge < -0.3 is 10.7 Å². The Morgan fingerprint density at radius 3 is 2.33 bits per heavy atom. The van der Waals surface area contributed by atoms with Crippen molar-refractivity contribution in [2.24, 2.45) is 5.73 Å². The van der Waals surface area contributed by atoms with E-state index in [4.69, 9.17) is 5.73 Å². The number of carbonyl (C=O) groups is 1. The van der Waals surface area contributed by atoms with Crippen molar-refractivity contribution in [2.45, 2.75) is 6.92 Å². The van der Waals surface area contributed by atoms with Crippen LogP contribution in [0.2, 0.25) is 0 Å². The fourth-order valence-corrected chi connectivity index (χ4v) is 0.897. The maximum atomic E-state index is 10.9. The number of amides is 1. The minimum absolute atomic E-state index is 0.177. The fraction of sp³-hybridized carbons (Fsp3) is 0.167. The first-order valence-corrected chi connectivity index (χ1v) is 3.15. The van der Waals surface area contributed by atoms with Gasteiger partial charge in [0.1, 0.15) is 5.56 Å². The van der Waals surface area contributed by atoms with E-state index < -0.39 is 17.2 Å². The number of aryl methyl sites for hydroxylation is 1. The number of primary amides is 1. The van der Waals surface area contributed by atoms with Crippen LogP contribution in [0.1, 0.15) is 16.1 Å². The van der Waals surface area contributed by atoms with Crippen molar-refractivity contribution in [3.05, 3.63) is 32.1 Å². The SMILES string of the molecule is Cc1[nH]c(=O)[nH]c(=O)c1C(N)=O. The molecule has 6 heteroatoms. The number of H-pyrrole nitrogens is 2. The number of nitrogens with one attached hydrogen (secondary N) is 2. The smallest absolute Gasteiger partial charge is 0.325 e. The third-order valence-electron chi connectivity index (χ3n) is 1.38. The Hall–Kier alpha value is -1.85. The molecule has 0 atom stereocenters. The highest BCUT2D eigenvalue weighted by Crippen LogP contribution is 1.91. The molecule has 0 bridgehead atoms. The van der Waals surface area contributed by atoms with Crippen molar-refractivity contribution >= 4 is 5.91 Å². The van der Waals surface area contributed by atoms with Crippen LogP contribution in [0.25, 0.3) is 0 Å². The Balaban J connectivity index is 3.60. The van der Waals surface area contributed by atoms with Crippen molar-refractivity contribution < 1.29 is 4.79 Å². The molecule has 0 saturated heterocycles. The summed E-state index contributed by atoms with van der Waals surface area (Å²) in [6.45, 7) is 1.43. The Bertz CT molecular complexity index is 428. The Morgan fingerprint density at radius 1 is 1.33 bits per heavy atom. The maximum absolute atomic E-state index is 10.9. The summed E-state index contributed by atoms with van der Waals surface area (Å²) in [4.78, 5) is 36.3. The average molecular weight is 169 g/mol. The highest BCUT2D eigenvalue weighted by Gasteiger charge is 2.10. The van der Waals surface area contributed by atoms with Crippen LogP contribution in [-0.2, 0) is 0 Å². The molecule has 1 heterocycles. The molecule has 0 aliphatic heterocycles. The highest BCUT2D eigenvalue weighted by atomic mass is 16.2. The van der Waals surface area contributed by atoms with E-state index in [9.17, 15) is 14.4 Å². The third-order valence-corrected chi connectivity index (χ3v) is 1.38. The molecule has 1 aromatic heterocycles. The van der Waals surface area contributed by atoms with Crippen molar-refractivity contribution in [3.8, 4) is 0 Å². The minimum Gasteiger partial charge on any atom is -0.365 e. The second kappa shape index (κ2) is 2.65. The molecule has 6 nitrogen and oxygen atoms in total. The monoisotopic (exact) mass is 169 g/mol. The Labute approximate surface area is 66.4 Å². The first-order chi connectivity index (χ1) is 5.52. The van der Waals surface area contributed by atoms with E-state index in [1.807, 2.05) is 4.98 Å². The predicted octanol–water partition coefficient (Wildman–Crippen LogP) is -1.53. The third kappa shape index (κ3) is 1.26. The number of aromatic nitrogens is 2.